The highest BCUT2D eigenvalue weighted by Crippen LogP contribution is 2.27. The summed E-state index contributed by atoms with van der Waals surface area (Å²) >= 11 is 3.28. The Morgan fingerprint density at radius 3 is 2.41 bits per heavy atom. The first kappa shape index (κ1) is 25.1. The maximum absolute atomic E-state index is 13.2. The number of rotatable bonds is 10. The van der Waals surface area contributed by atoms with Gasteiger partial charge in [0.25, 0.3) is 0 Å². The van der Waals surface area contributed by atoms with Gasteiger partial charge in [-0.2, -0.15) is 0 Å². The highest BCUT2D eigenvalue weighted by Gasteiger charge is 2.20. The molecule has 0 heterocycles. The largest absolute Gasteiger partial charge is 0.497 e. The SMILES string of the molecule is C=C/C=C(\C/C(=N\CBr)Oc1ccc(F)cc1)N(Cc1cc(OC)ccc1OC)C(C)=O. The molecule has 0 saturated carbocycles. The van der Waals surface area contributed by atoms with Crippen LogP contribution in [0.4, 0.5) is 4.39 Å². The van der Waals surface area contributed by atoms with E-state index in [0.717, 1.165) is 5.56 Å². The average molecular weight is 505 g/mol. The van der Waals surface area contributed by atoms with E-state index in [0.29, 0.717) is 34.3 Å². The van der Waals surface area contributed by atoms with Gasteiger partial charge in [0.15, 0.2) is 5.90 Å². The maximum Gasteiger partial charge on any atom is 0.223 e. The number of alkyl halides is 1. The van der Waals surface area contributed by atoms with Gasteiger partial charge < -0.3 is 19.1 Å². The molecule has 0 bridgehead atoms. The molecule has 0 aliphatic heterocycles. The van der Waals surface area contributed by atoms with Crippen LogP contribution in [0.15, 0.2) is 71.9 Å². The lowest BCUT2D eigenvalue weighted by atomic mass is 10.1. The number of amides is 1. The first-order valence-corrected chi connectivity index (χ1v) is 10.9. The molecule has 0 saturated heterocycles. The zero-order valence-electron chi connectivity index (χ0n) is 18.3. The molecule has 8 heteroatoms. The summed E-state index contributed by atoms with van der Waals surface area (Å²) < 4.78 is 29.8. The van der Waals surface area contributed by atoms with Crippen molar-refractivity contribution in [3.63, 3.8) is 0 Å². The van der Waals surface area contributed by atoms with Gasteiger partial charge in [-0.25, -0.2) is 9.38 Å². The molecular weight excluding hydrogens is 479 g/mol. The molecule has 0 radical (unpaired) electrons. The Morgan fingerprint density at radius 1 is 1.16 bits per heavy atom. The zero-order valence-corrected chi connectivity index (χ0v) is 19.9. The van der Waals surface area contributed by atoms with Gasteiger partial charge in [0, 0.05) is 18.2 Å². The van der Waals surface area contributed by atoms with Crippen molar-refractivity contribution in [1.29, 1.82) is 0 Å². The van der Waals surface area contributed by atoms with Crippen LogP contribution < -0.4 is 14.2 Å². The molecule has 32 heavy (non-hydrogen) atoms. The third kappa shape index (κ3) is 7.23. The van der Waals surface area contributed by atoms with E-state index in [1.54, 1.807) is 43.4 Å². The lowest BCUT2D eigenvalue weighted by Gasteiger charge is -2.26. The number of benzene rings is 2. The van der Waals surface area contributed by atoms with Gasteiger partial charge >= 0.3 is 0 Å². The van der Waals surface area contributed by atoms with E-state index < -0.39 is 0 Å². The second-order valence-corrected chi connectivity index (χ2v) is 7.08. The molecule has 1 amide bonds. The number of carbonyl (C=O) groups is 1. The molecule has 170 valence electrons. The van der Waals surface area contributed by atoms with E-state index >= 15 is 0 Å². The van der Waals surface area contributed by atoms with Crippen LogP contribution in [0, 0.1) is 5.82 Å². The molecule has 6 nitrogen and oxygen atoms in total. The fraction of sp³-hybridized carbons (Fsp3) is 0.250. The summed E-state index contributed by atoms with van der Waals surface area (Å²) in [6.07, 6.45) is 3.53. The summed E-state index contributed by atoms with van der Waals surface area (Å²) in [6, 6.07) is 11.0. The van der Waals surface area contributed by atoms with E-state index in [1.165, 1.54) is 31.2 Å². The number of carbonyl (C=O) groups excluding carboxylic acids is 1. The lowest BCUT2D eigenvalue weighted by Crippen LogP contribution is -2.30. The standard InChI is InChI=1S/C24H26BrFN2O4/c1-5-6-20(14-24(27-16-25)32-21-9-7-19(26)8-10-21)28(17(2)29)15-18-13-22(30-3)11-12-23(18)31-4/h5-13H,1,14-16H2,2-4H3/b20-6+,27-24+. The van der Waals surface area contributed by atoms with Gasteiger partial charge in [-0.05, 0) is 48.5 Å². The topological polar surface area (TPSA) is 60.4 Å². The fourth-order valence-electron chi connectivity index (χ4n) is 2.96. The highest BCUT2D eigenvalue weighted by molar-refractivity contribution is 9.09. The van der Waals surface area contributed by atoms with Crippen molar-refractivity contribution in [2.45, 2.75) is 19.9 Å². The minimum absolute atomic E-state index is 0.178. The lowest BCUT2D eigenvalue weighted by molar-refractivity contribution is -0.127. The van der Waals surface area contributed by atoms with Crippen molar-refractivity contribution < 1.29 is 23.4 Å². The van der Waals surface area contributed by atoms with Gasteiger partial charge in [-0.1, -0.05) is 28.6 Å². The maximum atomic E-state index is 13.2. The monoisotopic (exact) mass is 504 g/mol. The van der Waals surface area contributed by atoms with Gasteiger partial charge in [0.05, 0.1) is 32.6 Å². The first-order chi connectivity index (χ1) is 15.4. The van der Waals surface area contributed by atoms with E-state index in [1.807, 2.05) is 6.07 Å². The Morgan fingerprint density at radius 2 is 1.84 bits per heavy atom. The van der Waals surface area contributed by atoms with Gasteiger partial charge in [-0.15, -0.1) is 0 Å². The summed E-state index contributed by atoms with van der Waals surface area (Å²) in [5.74, 6) is 1.53. The van der Waals surface area contributed by atoms with Crippen LogP contribution in [0.5, 0.6) is 17.2 Å². The number of methoxy groups -OCH3 is 2. The predicted octanol–water partition coefficient (Wildman–Crippen LogP) is 5.48. The normalized spacial score (nSPS) is 11.7. The van der Waals surface area contributed by atoms with Gasteiger partial charge in [0.1, 0.15) is 23.1 Å². The third-order valence-corrected chi connectivity index (χ3v) is 4.72. The smallest absolute Gasteiger partial charge is 0.223 e. The summed E-state index contributed by atoms with van der Waals surface area (Å²) in [6.45, 7) is 5.49. The Hall–Kier alpha value is -3.13. The second kappa shape index (κ2) is 12.7. The molecule has 0 aliphatic carbocycles. The molecule has 0 atom stereocenters. The van der Waals surface area contributed by atoms with Crippen LogP contribution in [0.25, 0.3) is 0 Å². The molecule has 0 fully saturated rings. The number of hydrogen-bond acceptors (Lipinski definition) is 5. The average Bonchev–Trinajstić information content (AvgIpc) is 2.78. The minimum Gasteiger partial charge on any atom is -0.497 e. The summed E-state index contributed by atoms with van der Waals surface area (Å²) in [7, 11) is 3.15. The van der Waals surface area contributed by atoms with Crippen LogP contribution in [0.3, 0.4) is 0 Å². The van der Waals surface area contributed by atoms with Crippen molar-refractivity contribution in [2.24, 2.45) is 4.99 Å². The van der Waals surface area contributed by atoms with Crippen LogP contribution in [0.2, 0.25) is 0 Å². The Kier molecular flexibility index (Phi) is 9.94. The van der Waals surface area contributed by atoms with Crippen molar-refractivity contribution in [1.82, 2.24) is 4.90 Å². The van der Waals surface area contributed by atoms with E-state index in [9.17, 15) is 9.18 Å². The molecule has 2 aromatic carbocycles. The molecule has 2 aromatic rings. The number of halogens is 2. The van der Waals surface area contributed by atoms with Crippen molar-refractivity contribution in [3.05, 3.63) is 78.3 Å². The first-order valence-electron chi connectivity index (χ1n) is 9.75. The number of allylic oxidation sites excluding steroid dienone is 2. The molecule has 0 unspecified atom stereocenters. The number of nitrogens with zero attached hydrogens (tertiary/aromatic N) is 2. The van der Waals surface area contributed by atoms with Gasteiger partial charge in [-0.3, -0.25) is 4.79 Å². The third-order valence-electron chi connectivity index (χ3n) is 4.47. The van der Waals surface area contributed by atoms with E-state index in [4.69, 9.17) is 14.2 Å². The Labute approximate surface area is 196 Å². The molecule has 0 N–H and O–H groups in total. The molecule has 0 aromatic heterocycles. The second-order valence-electron chi connectivity index (χ2n) is 6.58. The van der Waals surface area contributed by atoms with E-state index in [2.05, 4.69) is 27.5 Å². The molecule has 0 spiro atoms. The highest BCUT2D eigenvalue weighted by atomic mass is 79.9. The Bertz CT molecular complexity index is 990. The van der Waals surface area contributed by atoms with Crippen molar-refractivity contribution >= 4 is 27.7 Å². The molecule has 2 rings (SSSR count). The van der Waals surface area contributed by atoms with Crippen LogP contribution in [-0.4, -0.2) is 36.4 Å². The Balaban J connectivity index is 2.34. The number of ether oxygens (including phenoxy) is 3. The van der Waals surface area contributed by atoms with Crippen LogP contribution >= 0.6 is 15.9 Å². The van der Waals surface area contributed by atoms with Crippen LogP contribution in [0.1, 0.15) is 18.9 Å². The predicted molar refractivity (Wildman–Crippen MR) is 127 cm³/mol. The molecular formula is C24H26BrFN2O4. The van der Waals surface area contributed by atoms with Gasteiger partial charge in [0.2, 0.25) is 5.91 Å². The number of hydrogen-bond donors (Lipinski definition) is 0. The molecule has 0 aliphatic rings. The minimum atomic E-state index is -0.362. The van der Waals surface area contributed by atoms with Crippen molar-refractivity contribution in [3.8, 4) is 17.2 Å². The summed E-state index contributed by atoms with van der Waals surface area (Å²) in [5.41, 5.74) is 1.70. The number of aliphatic imine (C=N–C) groups is 1. The fourth-order valence-corrected chi connectivity index (χ4v) is 3.24. The summed E-state index contributed by atoms with van der Waals surface area (Å²) in [4.78, 5) is 18.5. The zero-order chi connectivity index (χ0) is 23.5. The van der Waals surface area contributed by atoms with Crippen LogP contribution in [-0.2, 0) is 11.3 Å². The summed E-state index contributed by atoms with van der Waals surface area (Å²) in [5, 5.41) is 0. The quantitative estimate of drug-likeness (QED) is 0.141. The van der Waals surface area contributed by atoms with Crippen molar-refractivity contribution in [2.75, 3.05) is 19.7 Å². The van der Waals surface area contributed by atoms with E-state index in [-0.39, 0.29) is 24.7 Å².